The van der Waals surface area contributed by atoms with Crippen LogP contribution >= 0.6 is 24.8 Å². The molecule has 0 radical (unpaired) electrons. The third-order valence-electron chi connectivity index (χ3n) is 7.25. The summed E-state index contributed by atoms with van der Waals surface area (Å²) < 4.78 is 0.784. The number of nitrogens with zero attached hydrogens (tertiary/aromatic N) is 1. The van der Waals surface area contributed by atoms with E-state index in [2.05, 4.69) is 50.5 Å². The lowest BCUT2D eigenvalue weighted by molar-refractivity contribution is 0.395. The summed E-state index contributed by atoms with van der Waals surface area (Å²) in [7, 11) is 0. The van der Waals surface area contributed by atoms with Crippen molar-refractivity contribution in [1.29, 1.82) is 0 Å². The second kappa shape index (κ2) is 36.2. The first-order chi connectivity index (χ1) is 18.1. The number of hydrogen-bond donors (Lipinski definition) is 2. The van der Waals surface area contributed by atoms with Crippen LogP contribution in [0.2, 0.25) is 0 Å². The van der Waals surface area contributed by atoms with Crippen LogP contribution in [0.15, 0.2) is 0 Å². The molecule has 0 fully saturated rings. The largest absolute Gasteiger partial charge is 0.358 e. The molecule has 0 heterocycles. The van der Waals surface area contributed by atoms with Crippen LogP contribution in [0.4, 0.5) is 0 Å². The summed E-state index contributed by atoms with van der Waals surface area (Å²) in [4.78, 5) is 2.29. The third kappa shape index (κ3) is 36.2. The number of nitrogens with one attached hydrogen (secondary N) is 1. The van der Waals surface area contributed by atoms with Gasteiger partial charge in [0.2, 0.25) is 0 Å². The fourth-order valence-electron chi connectivity index (χ4n) is 4.65. The van der Waals surface area contributed by atoms with Gasteiger partial charge in [0.05, 0.1) is 0 Å². The number of thiol groups is 1. The lowest BCUT2D eigenvalue weighted by Gasteiger charge is -2.22. The van der Waals surface area contributed by atoms with Crippen molar-refractivity contribution in [3.8, 4) is 0 Å². The van der Waals surface area contributed by atoms with Crippen molar-refractivity contribution >= 4 is 29.2 Å². The van der Waals surface area contributed by atoms with Crippen molar-refractivity contribution in [2.75, 3.05) is 26.2 Å². The van der Waals surface area contributed by atoms with E-state index in [-0.39, 0.29) is 0 Å². The Morgan fingerprint density at radius 3 is 1.03 bits per heavy atom. The molecule has 0 bridgehead atoms. The van der Waals surface area contributed by atoms with Gasteiger partial charge >= 0.3 is 0 Å². The summed E-state index contributed by atoms with van der Waals surface area (Å²) >= 11 is 9.61. The Bertz CT molecular complexity index is 387. The molecule has 4 heteroatoms. The molecule has 0 aromatic heterocycles. The number of rotatable bonds is 28. The van der Waals surface area contributed by atoms with Gasteiger partial charge < -0.3 is 10.2 Å². The van der Waals surface area contributed by atoms with Crippen molar-refractivity contribution in [3.05, 3.63) is 0 Å². The van der Waals surface area contributed by atoms with Gasteiger partial charge in [-0.2, -0.15) is 0 Å². The van der Waals surface area contributed by atoms with Crippen molar-refractivity contribution in [2.24, 2.45) is 0 Å². The molecule has 0 saturated heterocycles. The Balaban J connectivity index is 0. The average molecular weight is 559 g/mol. The van der Waals surface area contributed by atoms with Crippen LogP contribution in [0.1, 0.15) is 182 Å². The zero-order chi connectivity index (χ0) is 27.7. The van der Waals surface area contributed by atoms with Gasteiger partial charge in [-0.3, -0.25) is 0 Å². The highest BCUT2D eigenvalue weighted by atomic mass is 32.1. The molecule has 37 heavy (non-hydrogen) atoms. The number of hydrogen-bond acceptors (Lipinski definition) is 2. The lowest BCUT2D eigenvalue weighted by Crippen LogP contribution is -2.28. The van der Waals surface area contributed by atoms with Gasteiger partial charge in [-0.05, 0) is 38.8 Å². The maximum absolute atomic E-state index is 5.25. The summed E-state index contributed by atoms with van der Waals surface area (Å²) in [5, 5.41) is 3.57. The molecule has 0 unspecified atom stereocenters. The molecule has 0 aromatic rings. The van der Waals surface area contributed by atoms with E-state index in [4.69, 9.17) is 12.2 Å². The van der Waals surface area contributed by atoms with Crippen molar-refractivity contribution in [1.82, 2.24) is 10.2 Å². The summed E-state index contributed by atoms with van der Waals surface area (Å²) in [6.45, 7) is 13.8. The molecule has 0 aliphatic carbocycles. The third-order valence-corrected chi connectivity index (χ3v) is 7.79. The molecule has 1 N–H and O–H groups in total. The van der Waals surface area contributed by atoms with Crippen LogP contribution in [-0.4, -0.2) is 35.4 Å². The number of thiocarbonyl (C=S) groups is 1. The second-order valence-corrected chi connectivity index (χ2v) is 12.2. The minimum Gasteiger partial charge on any atom is -0.358 e. The van der Waals surface area contributed by atoms with Crippen LogP contribution in [0.3, 0.4) is 0 Å². The van der Waals surface area contributed by atoms with Gasteiger partial charge in [0.15, 0.2) is 0 Å². The Kier molecular flexibility index (Phi) is 38.5. The molecule has 0 aromatic carbocycles. The quantitative estimate of drug-likeness (QED) is 0.0564. The van der Waals surface area contributed by atoms with E-state index in [9.17, 15) is 0 Å². The summed E-state index contributed by atoms with van der Waals surface area (Å²) in [5.74, 6) is 0. The van der Waals surface area contributed by atoms with E-state index in [1.807, 2.05) is 0 Å². The first-order valence-electron chi connectivity index (χ1n) is 16.8. The minimum absolute atomic E-state index is 0.784. The first-order valence-corrected chi connectivity index (χ1v) is 17.7. The molecule has 0 atom stereocenters. The molecule has 0 rings (SSSR count). The predicted octanol–water partition coefficient (Wildman–Crippen LogP) is 11.5. The average Bonchev–Trinajstić information content (AvgIpc) is 2.89. The van der Waals surface area contributed by atoms with Crippen LogP contribution in [0.25, 0.3) is 0 Å². The van der Waals surface area contributed by atoms with Crippen molar-refractivity contribution in [2.45, 2.75) is 182 Å². The molecule has 2 nitrogen and oxygen atoms in total. The highest BCUT2D eigenvalue weighted by Gasteiger charge is 2.05. The van der Waals surface area contributed by atoms with E-state index in [1.165, 1.54) is 167 Å². The van der Waals surface area contributed by atoms with Gasteiger partial charge in [-0.1, -0.05) is 168 Å². The molecular weight excluding hydrogens is 489 g/mol. The monoisotopic (exact) mass is 558 g/mol. The highest BCUT2D eigenvalue weighted by molar-refractivity contribution is 8.10. The smallest absolute Gasteiger partial charge is 0.133 e. The molecular formula is C33H70N2S2. The molecule has 0 aliphatic heterocycles. The maximum atomic E-state index is 5.25. The van der Waals surface area contributed by atoms with E-state index in [1.54, 1.807) is 0 Å². The van der Waals surface area contributed by atoms with Crippen molar-refractivity contribution in [3.63, 3.8) is 0 Å². The fourth-order valence-corrected chi connectivity index (χ4v) is 5.04. The summed E-state index contributed by atoms with van der Waals surface area (Å²) in [6.07, 6.45) is 33.0. The predicted molar refractivity (Wildman–Crippen MR) is 180 cm³/mol. The van der Waals surface area contributed by atoms with Crippen molar-refractivity contribution < 1.29 is 0 Å². The summed E-state index contributed by atoms with van der Waals surface area (Å²) in [5.41, 5.74) is 0. The first kappa shape index (κ1) is 39.3. The molecule has 0 aliphatic rings. The van der Waals surface area contributed by atoms with Crippen LogP contribution in [-0.2, 0) is 0 Å². The highest BCUT2D eigenvalue weighted by Crippen LogP contribution is 2.10. The Morgan fingerprint density at radius 2 is 0.730 bits per heavy atom. The zero-order valence-electron chi connectivity index (χ0n) is 26.1. The fraction of sp³-hybridized carbons (Fsp3) is 0.970. The minimum atomic E-state index is 0.784. The Labute approximate surface area is 246 Å². The SMILES string of the molecule is CCCCCCCCN(CCCCCCCC)C(=S)S.CCCCCCCCNCCCCCCCC. The standard InChI is InChI=1S/C17H35NS2.C16H35N/c1-3-5-7-9-11-13-15-18(17(19)20)16-14-12-10-8-6-4-2;1-3-5-7-9-11-13-15-17-16-14-12-10-8-6-4-2/h3-16H2,1-2H3,(H,19,20);17H,3-16H2,1-2H3. The van der Waals surface area contributed by atoms with Crippen LogP contribution in [0, 0.1) is 0 Å². The van der Waals surface area contributed by atoms with Gasteiger partial charge in [-0.15, -0.1) is 12.6 Å². The number of unbranched alkanes of at least 4 members (excludes halogenated alkanes) is 20. The molecule has 0 spiro atoms. The lowest BCUT2D eigenvalue weighted by atomic mass is 10.1. The molecule has 0 saturated carbocycles. The van der Waals surface area contributed by atoms with Gasteiger partial charge in [0.25, 0.3) is 0 Å². The van der Waals surface area contributed by atoms with Gasteiger partial charge in [0.1, 0.15) is 4.32 Å². The molecule has 224 valence electrons. The normalized spacial score (nSPS) is 10.8. The van der Waals surface area contributed by atoms with E-state index < -0.39 is 0 Å². The topological polar surface area (TPSA) is 15.3 Å². The van der Waals surface area contributed by atoms with E-state index in [0.717, 1.165) is 17.4 Å². The molecule has 0 amide bonds. The van der Waals surface area contributed by atoms with Crippen LogP contribution < -0.4 is 5.32 Å². The second-order valence-electron chi connectivity index (χ2n) is 11.1. The Morgan fingerprint density at radius 1 is 0.459 bits per heavy atom. The summed E-state index contributed by atoms with van der Waals surface area (Å²) in [6, 6.07) is 0. The van der Waals surface area contributed by atoms with Gasteiger partial charge in [-0.25, -0.2) is 0 Å². The van der Waals surface area contributed by atoms with E-state index in [0.29, 0.717) is 0 Å². The Hall–Kier alpha value is 0.200. The zero-order valence-corrected chi connectivity index (χ0v) is 27.8. The van der Waals surface area contributed by atoms with E-state index >= 15 is 0 Å². The van der Waals surface area contributed by atoms with Gasteiger partial charge in [0, 0.05) is 13.1 Å². The maximum Gasteiger partial charge on any atom is 0.133 e. The van der Waals surface area contributed by atoms with Crippen LogP contribution in [0.5, 0.6) is 0 Å².